The largest absolute Gasteiger partial charge is 0.349 e. The van der Waals surface area contributed by atoms with Crippen LogP contribution in [0.3, 0.4) is 0 Å². The molecule has 0 unspecified atom stereocenters. The Morgan fingerprint density at radius 1 is 0.935 bits per heavy atom. The van der Waals surface area contributed by atoms with Gasteiger partial charge in [-0.05, 0) is 46.0 Å². The number of carbonyl (C=O) groups excluding carboxylic acids is 1. The lowest BCUT2D eigenvalue weighted by molar-refractivity contribution is 0.0947. The van der Waals surface area contributed by atoms with E-state index < -0.39 is 0 Å². The fraction of sp³-hybridized carbons (Fsp3) is 0.261. The molecule has 3 aromatic heterocycles. The molecule has 0 fully saturated rings. The van der Waals surface area contributed by atoms with Crippen molar-refractivity contribution in [3.05, 3.63) is 80.2 Å². The van der Waals surface area contributed by atoms with Gasteiger partial charge in [-0.15, -0.1) is 27.8 Å². The molecule has 0 radical (unpaired) electrons. The summed E-state index contributed by atoms with van der Waals surface area (Å²) in [6.07, 6.45) is 0. The lowest BCUT2D eigenvalue weighted by Gasteiger charge is -2.19. The van der Waals surface area contributed by atoms with Gasteiger partial charge in [0.2, 0.25) is 11.9 Å². The van der Waals surface area contributed by atoms with Gasteiger partial charge in [-0.1, -0.05) is 45.0 Å². The molecule has 3 heterocycles. The third kappa shape index (κ3) is 5.21. The van der Waals surface area contributed by atoms with Gasteiger partial charge in [-0.2, -0.15) is 9.67 Å². The summed E-state index contributed by atoms with van der Waals surface area (Å²) in [6.45, 7) is 7.65. The SMILES string of the molecule is CC(C)(C)c1ccc(C(=O)n2nc(NCc3cccs3)nc2NCc2cccs2)cc1. The molecule has 0 aliphatic heterocycles. The molecule has 0 aliphatic carbocycles. The third-order valence-electron chi connectivity index (χ3n) is 4.80. The molecule has 0 amide bonds. The van der Waals surface area contributed by atoms with E-state index in [9.17, 15) is 4.79 Å². The number of hydrogen-bond acceptors (Lipinski definition) is 7. The van der Waals surface area contributed by atoms with E-state index in [-0.39, 0.29) is 11.3 Å². The van der Waals surface area contributed by atoms with E-state index in [1.165, 1.54) is 15.1 Å². The Kier molecular flexibility index (Phi) is 6.20. The van der Waals surface area contributed by atoms with Crippen LogP contribution >= 0.6 is 22.7 Å². The summed E-state index contributed by atoms with van der Waals surface area (Å²) in [6, 6.07) is 15.8. The lowest BCUT2D eigenvalue weighted by atomic mass is 9.87. The summed E-state index contributed by atoms with van der Waals surface area (Å²) < 4.78 is 1.34. The molecule has 31 heavy (non-hydrogen) atoms. The van der Waals surface area contributed by atoms with Gasteiger partial charge >= 0.3 is 0 Å². The zero-order valence-electron chi connectivity index (χ0n) is 17.8. The van der Waals surface area contributed by atoms with Gasteiger partial charge in [0.15, 0.2) is 0 Å². The second kappa shape index (κ2) is 9.03. The molecule has 2 N–H and O–H groups in total. The van der Waals surface area contributed by atoms with Gasteiger partial charge < -0.3 is 10.6 Å². The first-order valence-electron chi connectivity index (χ1n) is 10.0. The van der Waals surface area contributed by atoms with Crippen molar-refractivity contribution in [1.29, 1.82) is 0 Å². The molecule has 0 spiro atoms. The van der Waals surface area contributed by atoms with Crippen LogP contribution in [0, 0.1) is 0 Å². The van der Waals surface area contributed by atoms with Crippen molar-refractivity contribution in [2.24, 2.45) is 0 Å². The molecular weight excluding hydrogens is 426 g/mol. The van der Waals surface area contributed by atoms with Crippen molar-refractivity contribution < 1.29 is 4.79 Å². The predicted molar refractivity (Wildman–Crippen MR) is 128 cm³/mol. The van der Waals surface area contributed by atoms with Crippen molar-refractivity contribution in [2.75, 3.05) is 10.6 Å². The Morgan fingerprint density at radius 3 is 2.10 bits per heavy atom. The molecule has 4 rings (SSSR count). The van der Waals surface area contributed by atoms with Gasteiger partial charge in [0, 0.05) is 15.3 Å². The molecule has 160 valence electrons. The Bertz CT molecular complexity index is 1120. The van der Waals surface area contributed by atoms with E-state index in [2.05, 4.69) is 41.5 Å². The average molecular weight is 452 g/mol. The second-order valence-corrected chi connectivity index (χ2v) is 10.2. The molecule has 0 saturated heterocycles. The normalized spacial score (nSPS) is 11.5. The van der Waals surface area contributed by atoms with Crippen LogP contribution in [0.2, 0.25) is 0 Å². The number of aromatic nitrogens is 3. The van der Waals surface area contributed by atoms with Crippen LogP contribution in [0.1, 0.15) is 46.4 Å². The summed E-state index contributed by atoms with van der Waals surface area (Å²) in [4.78, 5) is 20.1. The number of hydrogen-bond donors (Lipinski definition) is 2. The monoisotopic (exact) mass is 451 g/mol. The first-order valence-corrected chi connectivity index (χ1v) is 11.8. The Balaban J connectivity index is 1.57. The Morgan fingerprint density at radius 2 is 1.55 bits per heavy atom. The minimum absolute atomic E-state index is 0.0289. The van der Waals surface area contributed by atoms with Crippen LogP contribution in [-0.2, 0) is 18.5 Å². The van der Waals surface area contributed by atoms with E-state index in [0.717, 1.165) is 4.88 Å². The van der Waals surface area contributed by atoms with Crippen LogP contribution in [-0.4, -0.2) is 20.7 Å². The quantitative estimate of drug-likeness (QED) is 0.382. The summed E-state index contributed by atoms with van der Waals surface area (Å²) in [7, 11) is 0. The molecule has 4 aromatic rings. The van der Waals surface area contributed by atoms with Crippen LogP contribution < -0.4 is 10.6 Å². The predicted octanol–water partition coefficient (Wildman–Crippen LogP) is 5.61. The summed E-state index contributed by atoms with van der Waals surface area (Å²) in [5, 5.41) is 15.0. The fourth-order valence-corrected chi connectivity index (χ4v) is 4.33. The minimum atomic E-state index is -0.217. The van der Waals surface area contributed by atoms with Crippen LogP contribution in [0.5, 0.6) is 0 Å². The van der Waals surface area contributed by atoms with E-state index in [1.54, 1.807) is 22.7 Å². The van der Waals surface area contributed by atoms with Gasteiger partial charge in [-0.25, -0.2) is 0 Å². The second-order valence-electron chi connectivity index (χ2n) is 8.17. The number of rotatable bonds is 7. The summed E-state index contributed by atoms with van der Waals surface area (Å²) >= 11 is 3.31. The highest BCUT2D eigenvalue weighted by Gasteiger charge is 2.19. The van der Waals surface area contributed by atoms with Crippen molar-refractivity contribution in [3.8, 4) is 0 Å². The maximum absolute atomic E-state index is 13.2. The van der Waals surface area contributed by atoms with Crippen molar-refractivity contribution in [2.45, 2.75) is 39.3 Å². The third-order valence-corrected chi connectivity index (χ3v) is 6.55. The number of anilines is 2. The fourth-order valence-electron chi connectivity index (χ4n) is 3.04. The molecule has 0 bridgehead atoms. The van der Waals surface area contributed by atoms with Gasteiger partial charge in [0.1, 0.15) is 0 Å². The van der Waals surface area contributed by atoms with Crippen LogP contribution in [0.15, 0.2) is 59.3 Å². The van der Waals surface area contributed by atoms with E-state index >= 15 is 0 Å². The topological polar surface area (TPSA) is 71.8 Å². The van der Waals surface area contributed by atoms with Gasteiger partial charge in [0.05, 0.1) is 13.1 Å². The van der Waals surface area contributed by atoms with Crippen LogP contribution in [0.4, 0.5) is 11.9 Å². The van der Waals surface area contributed by atoms with E-state index in [4.69, 9.17) is 0 Å². The average Bonchev–Trinajstić information content (AvgIpc) is 3.52. The highest BCUT2D eigenvalue weighted by Crippen LogP contribution is 2.23. The Labute approximate surface area is 190 Å². The zero-order chi connectivity index (χ0) is 21.8. The van der Waals surface area contributed by atoms with Crippen molar-refractivity contribution >= 4 is 40.5 Å². The Hall–Kier alpha value is -2.97. The summed E-state index contributed by atoms with van der Waals surface area (Å²) in [5.74, 6) is 0.625. The molecule has 0 atom stereocenters. The highest BCUT2D eigenvalue weighted by molar-refractivity contribution is 7.10. The van der Waals surface area contributed by atoms with E-state index in [0.29, 0.717) is 30.5 Å². The number of benzene rings is 1. The molecular formula is C23H25N5OS2. The number of nitrogens with one attached hydrogen (secondary N) is 2. The molecule has 1 aromatic carbocycles. The van der Waals surface area contributed by atoms with Crippen LogP contribution in [0.25, 0.3) is 0 Å². The van der Waals surface area contributed by atoms with E-state index in [1.807, 2.05) is 59.3 Å². The molecule has 0 aliphatic rings. The number of thiophene rings is 2. The zero-order valence-corrected chi connectivity index (χ0v) is 19.4. The standard InChI is InChI=1S/C23H25N5OS2/c1-23(2,3)17-10-8-16(9-11-17)20(29)28-22(25-15-19-7-5-13-31-19)26-21(27-28)24-14-18-6-4-12-30-18/h4-13H,14-15H2,1-3H3,(H2,24,25,26,27). The maximum atomic E-state index is 13.2. The maximum Gasteiger partial charge on any atom is 0.281 e. The lowest BCUT2D eigenvalue weighted by Crippen LogP contribution is -2.18. The van der Waals surface area contributed by atoms with Crippen molar-refractivity contribution in [3.63, 3.8) is 0 Å². The molecule has 6 nitrogen and oxygen atoms in total. The summed E-state index contributed by atoms with van der Waals surface area (Å²) in [5.41, 5.74) is 1.78. The first kappa shape index (κ1) is 21.3. The first-order chi connectivity index (χ1) is 14.9. The minimum Gasteiger partial charge on any atom is -0.349 e. The highest BCUT2D eigenvalue weighted by atomic mass is 32.1. The number of carbonyl (C=O) groups is 1. The molecule has 8 heteroatoms. The smallest absolute Gasteiger partial charge is 0.281 e. The van der Waals surface area contributed by atoms with Gasteiger partial charge in [-0.3, -0.25) is 4.79 Å². The van der Waals surface area contributed by atoms with Crippen molar-refractivity contribution in [1.82, 2.24) is 14.8 Å². The number of nitrogens with zero attached hydrogens (tertiary/aromatic N) is 3. The molecule has 0 saturated carbocycles. The van der Waals surface area contributed by atoms with Gasteiger partial charge in [0.25, 0.3) is 5.91 Å².